The molecule has 2 amide bonds. The third-order valence-corrected chi connectivity index (χ3v) is 4.42. The molecule has 3 aromatic rings. The van der Waals surface area contributed by atoms with Gasteiger partial charge in [-0.2, -0.15) is 0 Å². The van der Waals surface area contributed by atoms with E-state index < -0.39 is 0 Å². The van der Waals surface area contributed by atoms with E-state index in [1.807, 2.05) is 54.7 Å². The fourth-order valence-electron chi connectivity index (χ4n) is 3.12. The van der Waals surface area contributed by atoms with Crippen molar-refractivity contribution in [3.05, 3.63) is 71.9 Å². The first-order valence-electron chi connectivity index (χ1n) is 8.77. The molecule has 0 fully saturated rings. The van der Waals surface area contributed by atoms with Gasteiger partial charge in [0.1, 0.15) is 0 Å². The van der Waals surface area contributed by atoms with Crippen molar-refractivity contribution in [2.75, 3.05) is 13.1 Å². The highest BCUT2D eigenvalue weighted by atomic mass is 16.2. The van der Waals surface area contributed by atoms with Crippen LogP contribution in [0.5, 0.6) is 0 Å². The molecule has 3 rings (SSSR count). The van der Waals surface area contributed by atoms with Crippen LogP contribution >= 0.6 is 0 Å². The zero-order valence-electron chi connectivity index (χ0n) is 14.8. The molecular weight excluding hydrogens is 326 g/mol. The fraction of sp³-hybridized carbons (Fsp3) is 0.238. The lowest BCUT2D eigenvalue weighted by molar-refractivity contribution is -0.123. The second-order valence-electron chi connectivity index (χ2n) is 6.30. The molecule has 0 aliphatic carbocycles. The second kappa shape index (κ2) is 8.34. The van der Waals surface area contributed by atoms with Gasteiger partial charge in [0.2, 0.25) is 11.8 Å². The van der Waals surface area contributed by atoms with Gasteiger partial charge >= 0.3 is 0 Å². The highest BCUT2D eigenvalue weighted by Gasteiger charge is 2.22. The molecular formula is C21H23N3O2. The molecule has 1 unspecified atom stereocenters. The zero-order chi connectivity index (χ0) is 18.4. The number of aromatic amines is 1. The third-order valence-electron chi connectivity index (χ3n) is 4.42. The summed E-state index contributed by atoms with van der Waals surface area (Å²) in [5.74, 6) is -0.419. The number of para-hydroxylation sites is 1. The predicted molar refractivity (Wildman–Crippen MR) is 103 cm³/mol. The molecule has 3 N–H and O–H groups in total. The molecule has 1 heterocycles. The maximum absolute atomic E-state index is 12.8. The Morgan fingerprint density at radius 2 is 1.65 bits per heavy atom. The lowest BCUT2D eigenvalue weighted by Crippen LogP contribution is -2.36. The van der Waals surface area contributed by atoms with Crippen molar-refractivity contribution in [1.82, 2.24) is 15.6 Å². The molecule has 0 aliphatic heterocycles. The number of rotatable bonds is 7. The standard InChI is InChI=1S/C21H23N3O2/c1-15(25)22-11-12-23-21(26)19(16-7-3-2-4-8-16)13-17-14-24-20-10-6-5-9-18(17)20/h2-10,14,19,24H,11-13H2,1H3,(H,22,25)(H,23,26). The summed E-state index contributed by atoms with van der Waals surface area (Å²) in [4.78, 5) is 27.0. The monoisotopic (exact) mass is 349 g/mol. The Bertz CT molecular complexity index is 886. The summed E-state index contributed by atoms with van der Waals surface area (Å²) in [6, 6.07) is 17.9. The molecule has 134 valence electrons. The van der Waals surface area contributed by atoms with Gasteiger partial charge < -0.3 is 15.6 Å². The molecule has 5 nitrogen and oxygen atoms in total. The average molecular weight is 349 g/mol. The summed E-state index contributed by atoms with van der Waals surface area (Å²) in [6.45, 7) is 2.30. The van der Waals surface area contributed by atoms with Crippen LogP contribution in [0, 0.1) is 0 Å². The first-order chi connectivity index (χ1) is 12.6. The van der Waals surface area contributed by atoms with E-state index in [1.165, 1.54) is 6.92 Å². The second-order valence-corrected chi connectivity index (χ2v) is 6.30. The van der Waals surface area contributed by atoms with Gasteiger partial charge in [0, 0.05) is 37.1 Å². The maximum Gasteiger partial charge on any atom is 0.227 e. The summed E-state index contributed by atoms with van der Waals surface area (Å²) in [5, 5.41) is 6.76. The highest BCUT2D eigenvalue weighted by Crippen LogP contribution is 2.26. The number of H-pyrrole nitrogens is 1. The van der Waals surface area contributed by atoms with Crippen LogP contribution in [-0.2, 0) is 16.0 Å². The van der Waals surface area contributed by atoms with E-state index in [9.17, 15) is 9.59 Å². The zero-order valence-corrected chi connectivity index (χ0v) is 14.8. The van der Waals surface area contributed by atoms with E-state index in [4.69, 9.17) is 0 Å². The SMILES string of the molecule is CC(=O)NCCNC(=O)C(Cc1c[nH]c2ccccc12)c1ccccc1. The fourth-order valence-corrected chi connectivity index (χ4v) is 3.12. The number of amides is 2. The average Bonchev–Trinajstić information content (AvgIpc) is 3.06. The van der Waals surface area contributed by atoms with Crippen LogP contribution in [0.15, 0.2) is 60.8 Å². The van der Waals surface area contributed by atoms with Gasteiger partial charge in [-0.3, -0.25) is 9.59 Å². The predicted octanol–water partition coefficient (Wildman–Crippen LogP) is 2.75. The van der Waals surface area contributed by atoms with Crippen molar-refractivity contribution in [1.29, 1.82) is 0 Å². The Balaban J connectivity index is 1.77. The van der Waals surface area contributed by atoms with E-state index in [-0.39, 0.29) is 17.7 Å². The minimum Gasteiger partial charge on any atom is -0.361 e. The Morgan fingerprint density at radius 3 is 2.42 bits per heavy atom. The van der Waals surface area contributed by atoms with E-state index in [2.05, 4.69) is 21.7 Å². The van der Waals surface area contributed by atoms with E-state index in [1.54, 1.807) is 0 Å². The number of hydrogen-bond donors (Lipinski definition) is 3. The Labute approximate surface area is 152 Å². The first-order valence-corrected chi connectivity index (χ1v) is 8.77. The largest absolute Gasteiger partial charge is 0.361 e. The van der Waals surface area contributed by atoms with Crippen LogP contribution in [-0.4, -0.2) is 29.9 Å². The molecule has 26 heavy (non-hydrogen) atoms. The number of nitrogens with one attached hydrogen (secondary N) is 3. The first kappa shape index (κ1) is 17.7. The minimum atomic E-state index is -0.285. The van der Waals surface area contributed by atoms with Crippen molar-refractivity contribution in [2.45, 2.75) is 19.3 Å². The summed E-state index contributed by atoms with van der Waals surface area (Å²) in [5.41, 5.74) is 3.17. The normalized spacial score (nSPS) is 11.9. The Morgan fingerprint density at radius 1 is 0.962 bits per heavy atom. The van der Waals surface area contributed by atoms with Gasteiger partial charge in [-0.15, -0.1) is 0 Å². The van der Waals surface area contributed by atoms with Crippen molar-refractivity contribution in [3.63, 3.8) is 0 Å². The molecule has 0 spiro atoms. The van der Waals surface area contributed by atoms with Crippen LogP contribution in [0.25, 0.3) is 10.9 Å². The molecule has 0 saturated heterocycles. The number of carbonyl (C=O) groups excluding carboxylic acids is 2. The van der Waals surface area contributed by atoms with E-state index in [0.29, 0.717) is 19.5 Å². The number of carbonyl (C=O) groups is 2. The summed E-state index contributed by atoms with van der Waals surface area (Å²) in [7, 11) is 0. The number of benzene rings is 2. The van der Waals surface area contributed by atoms with Crippen molar-refractivity contribution >= 4 is 22.7 Å². The number of fused-ring (bicyclic) bond motifs is 1. The van der Waals surface area contributed by atoms with E-state index >= 15 is 0 Å². The number of hydrogen-bond acceptors (Lipinski definition) is 2. The topological polar surface area (TPSA) is 74.0 Å². The molecule has 0 radical (unpaired) electrons. The van der Waals surface area contributed by atoms with Gasteiger partial charge in [-0.25, -0.2) is 0 Å². The van der Waals surface area contributed by atoms with Gasteiger partial charge in [0.15, 0.2) is 0 Å². The van der Waals surface area contributed by atoms with E-state index in [0.717, 1.165) is 22.0 Å². The number of aromatic nitrogens is 1. The molecule has 0 bridgehead atoms. The van der Waals surface area contributed by atoms with Crippen LogP contribution < -0.4 is 10.6 Å². The molecule has 0 aliphatic rings. The van der Waals surface area contributed by atoms with Crippen LogP contribution in [0.3, 0.4) is 0 Å². The van der Waals surface area contributed by atoms with Crippen molar-refractivity contribution in [2.24, 2.45) is 0 Å². The molecule has 1 aromatic heterocycles. The van der Waals surface area contributed by atoms with Gasteiger partial charge in [-0.05, 0) is 23.6 Å². The summed E-state index contributed by atoms with van der Waals surface area (Å²) >= 11 is 0. The summed E-state index contributed by atoms with van der Waals surface area (Å²) in [6.07, 6.45) is 2.59. The lowest BCUT2D eigenvalue weighted by Gasteiger charge is -2.17. The van der Waals surface area contributed by atoms with Gasteiger partial charge in [0.05, 0.1) is 5.92 Å². The molecule has 5 heteroatoms. The third kappa shape index (κ3) is 4.30. The highest BCUT2D eigenvalue weighted by molar-refractivity contribution is 5.87. The quantitative estimate of drug-likeness (QED) is 0.574. The maximum atomic E-state index is 12.8. The van der Waals surface area contributed by atoms with Gasteiger partial charge in [0.25, 0.3) is 0 Å². The summed E-state index contributed by atoms with van der Waals surface area (Å²) < 4.78 is 0. The molecule has 2 aromatic carbocycles. The van der Waals surface area contributed by atoms with Crippen LogP contribution in [0.1, 0.15) is 24.0 Å². The Kier molecular flexibility index (Phi) is 5.69. The van der Waals surface area contributed by atoms with Crippen molar-refractivity contribution in [3.8, 4) is 0 Å². The molecule has 0 saturated carbocycles. The smallest absolute Gasteiger partial charge is 0.227 e. The molecule has 1 atom stereocenters. The van der Waals surface area contributed by atoms with Gasteiger partial charge in [-0.1, -0.05) is 48.5 Å². The van der Waals surface area contributed by atoms with Crippen LogP contribution in [0.2, 0.25) is 0 Å². The lowest BCUT2D eigenvalue weighted by atomic mass is 9.91. The minimum absolute atomic E-state index is 0.0353. The Hall–Kier alpha value is -3.08. The van der Waals surface area contributed by atoms with Crippen molar-refractivity contribution < 1.29 is 9.59 Å². The van der Waals surface area contributed by atoms with Crippen LogP contribution in [0.4, 0.5) is 0 Å².